The van der Waals surface area contributed by atoms with E-state index in [0.29, 0.717) is 25.0 Å². The minimum atomic E-state index is -0.0972. The molecule has 4 heteroatoms. The van der Waals surface area contributed by atoms with Crippen molar-refractivity contribution in [2.45, 2.75) is 26.8 Å². The van der Waals surface area contributed by atoms with Gasteiger partial charge < -0.3 is 16.0 Å². The fourth-order valence-electron chi connectivity index (χ4n) is 1.50. The van der Waals surface area contributed by atoms with Gasteiger partial charge in [0, 0.05) is 25.0 Å². The van der Waals surface area contributed by atoms with Crippen LogP contribution < -0.4 is 11.1 Å². The molecule has 0 heterocycles. The molecule has 0 rings (SSSR count). The van der Waals surface area contributed by atoms with Crippen LogP contribution >= 0.6 is 0 Å². The molecule has 0 aromatic carbocycles. The number of carbonyl (C=O) groups is 1. The van der Waals surface area contributed by atoms with Gasteiger partial charge in [-0.1, -0.05) is 20.8 Å². The Bertz CT molecular complexity index is 184. The summed E-state index contributed by atoms with van der Waals surface area (Å²) in [5.74, 6) is 0.471. The Hall–Kier alpha value is -0.610. The molecule has 0 aliphatic rings. The van der Waals surface area contributed by atoms with Crippen LogP contribution in [0.15, 0.2) is 0 Å². The quantitative estimate of drug-likeness (QED) is 0.669. The first-order valence-corrected chi connectivity index (χ1v) is 5.54. The van der Waals surface area contributed by atoms with Crippen LogP contribution in [0.2, 0.25) is 0 Å². The first kappa shape index (κ1) is 14.4. The number of amides is 1. The van der Waals surface area contributed by atoms with E-state index in [2.05, 4.69) is 24.1 Å². The Morgan fingerprint density at radius 3 is 2.20 bits per heavy atom. The fraction of sp³-hybridized carbons (Fsp3) is 0.909. The van der Waals surface area contributed by atoms with Crippen LogP contribution in [-0.4, -0.2) is 44.0 Å². The number of likely N-dealkylation sites (N-methyl/N-ethyl adjacent to an activating group) is 1. The number of nitrogens with two attached hydrogens (primary N) is 1. The molecule has 4 nitrogen and oxygen atoms in total. The zero-order valence-electron chi connectivity index (χ0n) is 10.6. The summed E-state index contributed by atoms with van der Waals surface area (Å²) in [6, 6.07) is 0.374. The van der Waals surface area contributed by atoms with Crippen molar-refractivity contribution in [3.05, 3.63) is 0 Å². The first-order chi connectivity index (χ1) is 6.90. The van der Waals surface area contributed by atoms with Crippen molar-refractivity contribution >= 4 is 5.91 Å². The van der Waals surface area contributed by atoms with Crippen molar-refractivity contribution in [2.24, 2.45) is 17.6 Å². The van der Waals surface area contributed by atoms with Crippen molar-refractivity contribution in [3.8, 4) is 0 Å². The Morgan fingerprint density at radius 2 is 1.87 bits per heavy atom. The lowest BCUT2D eigenvalue weighted by Crippen LogP contribution is -2.45. The van der Waals surface area contributed by atoms with E-state index in [9.17, 15) is 4.79 Å². The first-order valence-electron chi connectivity index (χ1n) is 5.54. The van der Waals surface area contributed by atoms with Crippen LogP contribution in [0, 0.1) is 11.8 Å². The van der Waals surface area contributed by atoms with E-state index < -0.39 is 0 Å². The molecule has 0 radical (unpaired) electrons. The molecule has 2 atom stereocenters. The summed E-state index contributed by atoms with van der Waals surface area (Å²) in [4.78, 5) is 13.7. The molecule has 0 aromatic heterocycles. The van der Waals surface area contributed by atoms with Crippen LogP contribution in [0.1, 0.15) is 20.8 Å². The SMILES string of the molecule is CC(CN)C(=O)NCC(C(C)C)N(C)C. The Kier molecular flexibility index (Phi) is 6.52. The number of nitrogens with zero attached hydrogens (tertiary/aromatic N) is 1. The Labute approximate surface area is 93.2 Å². The summed E-state index contributed by atoms with van der Waals surface area (Å²) >= 11 is 0. The van der Waals surface area contributed by atoms with Gasteiger partial charge in [0.15, 0.2) is 0 Å². The van der Waals surface area contributed by atoms with Crippen LogP contribution in [0.4, 0.5) is 0 Å². The predicted octanol–water partition coefficient (Wildman–Crippen LogP) is 0.284. The van der Waals surface area contributed by atoms with Crippen LogP contribution in [0.3, 0.4) is 0 Å². The van der Waals surface area contributed by atoms with Crippen molar-refractivity contribution in [1.82, 2.24) is 10.2 Å². The monoisotopic (exact) mass is 215 g/mol. The normalized spacial score (nSPS) is 15.5. The molecule has 1 amide bonds. The molecule has 0 spiro atoms. The molecule has 0 aliphatic carbocycles. The van der Waals surface area contributed by atoms with E-state index in [1.165, 1.54) is 0 Å². The van der Waals surface area contributed by atoms with Crippen molar-refractivity contribution < 1.29 is 4.79 Å². The molecular weight excluding hydrogens is 190 g/mol. The van der Waals surface area contributed by atoms with Gasteiger partial charge in [-0.05, 0) is 20.0 Å². The highest BCUT2D eigenvalue weighted by Gasteiger charge is 2.18. The molecule has 0 aliphatic heterocycles. The number of hydrogen-bond acceptors (Lipinski definition) is 3. The second-order valence-corrected chi connectivity index (χ2v) is 4.66. The molecule has 0 aromatic rings. The number of rotatable bonds is 6. The van der Waals surface area contributed by atoms with Crippen LogP contribution in [0.5, 0.6) is 0 Å². The van der Waals surface area contributed by atoms with E-state index >= 15 is 0 Å². The molecule has 0 saturated heterocycles. The number of hydrogen-bond donors (Lipinski definition) is 2. The smallest absolute Gasteiger partial charge is 0.224 e. The van der Waals surface area contributed by atoms with Gasteiger partial charge in [0.2, 0.25) is 5.91 Å². The lowest BCUT2D eigenvalue weighted by molar-refractivity contribution is -0.124. The molecule has 0 fully saturated rings. The predicted molar refractivity (Wildman–Crippen MR) is 63.5 cm³/mol. The largest absolute Gasteiger partial charge is 0.354 e. The van der Waals surface area contributed by atoms with Crippen LogP contribution in [-0.2, 0) is 4.79 Å². The average Bonchev–Trinajstić information content (AvgIpc) is 2.15. The third kappa shape index (κ3) is 5.14. The van der Waals surface area contributed by atoms with Gasteiger partial charge in [-0.15, -0.1) is 0 Å². The summed E-state index contributed by atoms with van der Waals surface area (Å²) in [5, 5.41) is 2.94. The minimum absolute atomic E-state index is 0.0463. The van der Waals surface area contributed by atoms with Gasteiger partial charge >= 0.3 is 0 Å². The Balaban J connectivity index is 4.05. The standard InChI is InChI=1S/C11H25N3O/c1-8(2)10(14(4)5)7-13-11(15)9(3)6-12/h8-10H,6-7,12H2,1-5H3,(H,13,15). The molecule has 0 saturated carbocycles. The van der Waals surface area contributed by atoms with Gasteiger partial charge in [0.25, 0.3) is 0 Å². The molecular formula is C11H25N3O. The third-order valence-corrected chi connectivity index (χ3v) is 2.72. The van der Waals surface area contributed by atoms with Gasteiger partial charge in [-0.25, -0.2) is 0 Å². The highest BCUT2D eigenvalue weighted by atomic mass is 16.1. The maximum absolute atomic E-state index is 11.5. The van der Waals surface area contributed by atoms with Gasteiger partial charge in [0.05, 0.1) is 0 Å². The van der Waals surface area contributed by atoms with Gasteiger partial charge in [-0.3, -0.25) is 4.79 Å². The van der Waals surface area contributed by atoms with Crippen molar-refractivity contribution in [3.63, 3.8) is 0 Å². The maximum atomic E-state index is 11.5. The minimum Gasteiger partial charge on any atom is -0.354 e. The number of nitrogens with one attached hydrogen (secondary N) is 1. The summed E-state index contributed by atoms with van der Waals surface area (Å²) in [6.07, 6.45) is 0. The highest BCUT2D eigenvalue weighted by Crippen LogP contribution is 2.06. The zero-order valence-corrected chi connectivity index (χ0v) is 10.6. The van der Waals surface area contributed by atoms with E-state index in [0.717, 1.165) is 0 Å². The summed E-state index contributed by atoms with van der Waals surface area (Å²) < 4.78 is 0. The zero-order chi connectivity index (χ0) is 12.0. The van der Waals surface area contributed by atoms with Crippen molar-refractivity contribution in [2.75, 3.05) is 27.2 Å². The van der Waals surface area contributed by atoms with Crippen molar-refractivity contribution in [1.29, 1.82) is 0 Å². The van der Waals surface area contributed by atoms with Crippen LogP contribution in [0.25, 0.3) is 0 Å². The van der Waals surface area contributed by atoms with E-state index in [1.807, 2.05) is 21.0 Å². The summed E-state index contributed by atoms with van der Waals surface area (Å²) in [7, 11) is 4.06. The molecule has 90 valence electrons. The molecule has 15 heavy (non-hydrogen) atoms. The van der Waals surface area contributed by atoms with E-state index in [1.54, 1.807) is 0 Å². The molecule has 0 bridgehead atoms. The molecule has 3 N–H and O–H groups in total. The van der Waals surface area contributed by atoms with Gasteiger partial charge in [0.1, 0.15) is 0 Å². The average molecular weight is 215 g/mol. The fourth-order valence-corrected chi connectivity index (χ4v) is 1.50. The summed E-state index contributed by atoms with van der Waals surface area (Å²) in [6.45, 7) is 7.25. The topological polar surface area (TPSA) is 58.4 Å². The number of carbonyl (C=O) groups excluding carboxylic acids is 1. The second kappa shape index (κ2) is 6.80. The lowest BCUT2D eigenvalue weighted by atomic mass is 10.0. The molecule has 2 unspecified atom stereocenters. The van der Waals surface area contributed by atoms with E-state index in [4.69, 9.17) is 5.73 Å². The lowest BCUT2D eigenvalue weighted by Gasteiger charge is -2.28. The second-order valence-electron chi connectivity index (χ2n) is 4.66. The van der Waals surface area contributed by atoms with E-state index in [-0.39, 0.29) is 11.8 Å². The van der Waals surface area contributed by atoms with Gasteiger partial charge in [-0.2, -0.15) is 0 Å². The Morgan fingerprint density at radius 1 is 1.33 bits per heavy atom. The highest BCUT2D eigenvalue weighted by molar-refractivity contribution is 5.78. The maximum Gasteiger partial charge on any atom is 0.224 e. The third-order valence-electron chi connectivity index (χ3n) is 2.72. The summed E-state index contributed by atoms with van der Waals surface area (Å²) in [5.41, 5.74) is 5.43.